The molecule has 0 radical (unpaired) electrons. The van der Waals surface area contributed by atoms with Crippen LogP contribution < -0.4 is 15.4 Å². The molecule has 0 unspecified atom stereocenters. The molecule has 0 aliphatic rings. The number of carbonyl (C=O) groups excluding carboxylic acids is 2. The van der Waals surface area contributed by atoms with Gasteiger partial charge in [0.05, 0.1) is 12.1 Å². The molecule has 1 rings (SSSR count). The Kier molecular flexibility index (Phi) is 6.63. The molecule has 0 aromatic heterocycles. The monoisotopic (exact) mass is 336 g/mol. The number of alkyl carbamates (subject to hydrolysis) is 1. The number of hydrogen-bond acceptors (Lipinski definition) is 4. The average Bonchev–Trinajstić information content (AvgIpc) is 2.44. The number of amides is 2. The standard InChI is InChI=1S/C18H28N2O4/c1-7-23-14-10-8-13(9-11-14)15(21)20-18(5,6)12-19-16(22)24-17(2,3)4/h8-11H,7,12H2,1-6H3,(H,19,22)(H,20,21). The third kappa shape index (κ3) is 7.35. The number of benzene rings is 1. The first-order valence-electron chi connectivity index (χ1n) is 8.04. The van der Waals surface area contributed by atoms with Gasteiger partial charge in [-0.1, -0.05) is 0 Å². The van der Waals surface area contributed by atoms with Gasteiger partial charge in [0.25, 0.3) is 5.91 Å². The fourth-order valence-corrected chi connectivity index (χ4v) is 1.90. The Balaban J connectivity index is 2.56. The maximum Gasteiger partial charge on any atom is 0.407 e. The van der Waals surface area contributed by atoms with Gasteiger partial charge < -0.3 is 20.1 Å². The van der Waals surface area contributed by atoms with Crippen LogP contribution >= 0.6 is 0 Å². The van der Waals surface area contributed by atoms with Crippen molar-refractivity contribution < 1.29 is 19.1 Å². The molecule has 6 nitrogen and oxygen atoms in total. The van der Waals surface area contributed by atoms with Gasteiger partial charge in [0, 0.05) is 12.1 Å². The zero-order valence-electron chi connectivity index (χ0n) is 15.4. The fraction of sp³-hybridized carbons (Fsp3) is 0.556. The van der Waals surface area contributed by atoms with E-state index in [4.69, 9.17) is 9.47 Å². The summed E-state index contributed by atoms with van der Waals surface area (Å²) in [7, 11) is 0. The van der Waals surface area contributed by atoms with Crippen LogP contribution in [-0.2, 0) is 4.74 Å². The summed E-state index contributed by atoms with van der Waals surface area (Å²) in [5.74, 6) is 0.508. The maximum atomic E-state index is 12.3. The lowest BCUT2D eigenvalue weighted by Crippen LogP contribution is -2.52. The first-order valence-corrected chi connectivity index (χ1v) is 8.04. The van der Waals surface area contributed by atoms with Crippen LogP contribution in [0.25, 0.3) is 0 Å². The highest BCUT2D eigenvalue weighted by molar-refractivity contribution is 5.94. The Bertz CT molecular complexity index is 559. The molecule has 2 N–H and O–H groups in total. The van der Waals surface area contributed by atoms with Crippen LogP contribution in [0.1, 0.15) is 51.9 Å². The highest BCUT2D eigenvalue weighted by Crippen LogP contribution is 2.13. The van der Waals surface area contributed by atoms with Gasteiger partial charge in [-0.25, -0.2) is 4.79 Å². The van der Waals surface area contributed by atoms with E-state index < -0.39 is 17.2 Å². The molecule has 0 heterocycles. The molecule has 0 bridgehead atoms. The van der Waals surface area contributed by atoms with E-state index in [1.807, 2.05) is 20.8 Å². The largest absolute Gasteiger partial charge is 0.494 e. The third-order valence-corrected chi connectivity index (χ3v) is 2.95. The highest BCUT2D eigenvalue weighted by Gasteiger charge is 2.24. The molecule has 0 aliphatic carbocycles. The van der Waals surface area contributed by atoms with E-state index >= 15 is 0 Å². The predicted molar refractivity (Wildman–Crippen MR) is 93.4 cm³/mol. The molecule has 0 fully saturated rings. The summed E-state index contributed by atoms with van der Waals surface area (Å²) in [6.07, 6.45) is -0.508. The van der Waals surface area contributed by atoms with Gasteiger partial charge in [0.1, 0.15) is 11.4 Å². The van der Waals surface area contributed by atoms with Crippen molar-refractivity contribution in [1.82, 2.24) is 10.6 Å². The van der Waals surface area contributed by atoms with Crippen LogP contribution in [0, 0.1) is 0 Å². The van der Waals surface area contributed by atoms with Crippen LogP contribution in [0.2, 0.25) is 0 Å². The quantitative estimate of drug-likeness (QED) is 0.837. The summed E-state index contributed by atoms with van der Waals surface area (Å²) in [4.78, 5) is 24.0. The molecular weight excluding hydrogens is 308 g/mol. The molecule has 1 aromatic carbocycles. The van der Waals surface area contributed by atoms with E-state index in [0.717, 1.165) is 5.75 Å². The summed E-state index contributed by atoms with van der Waals surface area (Å²) >= 11 is 0. The lowest BCUT2D eigenvalue weighted by atomic mass is 10.0. The van der Waals surface area contributed by atoms with E-state index in [1.54, 1.807) is 45.0 Å². The van der Waals surface area contributed by atoms with Crippen molar-refractivity contribution >= 4 is 12.0 Å². The number of carbonyl (C=O) groups is 2. The Morgan fingerprint density at radius 1 is 1.04 bits per heavy atom. The van der Waals surface area contributed by atoms with Crippen LogP contribution in [0.15, 0.2) is 24.3 Å². The van der Waals surface area contributed by atoms with Gasteiger partial charge in [0.15, 0.2) is 0 Å². The van der Waals surface area contributed by atoms with E-state index in [2.05, 4.69) is 10.6 Å². The molecule has 2 amide bonds. The summed E-state index contributed by atoms with van der Waals surface area (Å²) in [6, 6.07) is 6.92. The molecule has 0 saturated heterocycles. The summed E-state index contributed by atoms with van der Waals surface area (Å²) in [6.45, 7) is 11.8. The summed E-state index contributed by atoms with van der Waals surface area (Å²) in [5.41, 5.74) is -0.643. The van der Waals surface area contributed by atoms with Crippen molar-refractivity contribution in [2.75, 3.05) is 13.2 Å². The molecule has 0 aliphatic heterocycles. The van der Waals surface area contributed by atoms with E-state index in [1.165, 1.54) is 0 Å². The van der Waals surface area contributed by atoms with Crippen molar-refractivity contribution in [1.29, 1.82) is 0 Å². The van der Waals surface area contributed by atoms with Crippen LogP contribution in [0.5, 0.6) is 5.75 Å². The first-order chi connectivity index (χ1) is 11.0. The van der Waals surface area contributed by atoms with E-state index in [0.29, 0.717) is 12.2 Å². The van der Waals surface area contributed by atoms with Crippen LogP contribution in [0.4, 0.5) is 4.79 Å². The van der Waals surface area contributed by atoms with Crippen molar-refractivity contribution in [2.24, 2.45) is 0 Å². The van der Waals surface area contributed by atoms with E-state index in [9.17, 15) is 9.59 Å². The minimum Gasteiger partial charge on any atom is -0.494 e. The van der Waals surface area contributed by atoms with Crippen molar-refractivity contribution in [2.45, 2.75) is 52.7 Å². The predicted octanol–water partition coefficient (Wildman–Crippen LogP) is 3.12. The lowest BCUT2D eigenvalue weighted by Gasteiger charge is -2.27. The maximum absolute atomic E-state index is 12.3. The van der Waals surface area contributed by atoms with Gasteiger partial charge in [-0.2, -0.15) is 0 Å². The summed E-state index contributed by atoms with van der Waals surface area (Å²) < 4.78 is 10.5. The molecule has 6 heteroatoms. The van der Waals surface area contributed by atoms with Gasteiger partial charge >= 0.3 is 6.09 Å². The van der Waals surface area contributed by atoms with Crippen molar-refractivity contribution in [3.8, 4) is 5.75 Å². The minimum absolute atomic E-state index is 0.214. The molecule has 134 valence electrons. The number of hydrogen-bond donors (Lipinski definition) is 2. The number of ether oxygens (including phenoxy) is 2. The van der Waals surface area contributed by atoms with E-state index in [-0.39, 0.29) is 12.5 Å². The van der Waals surface area contributed by atoms with Crippen molar-refractivity contribution in [3.05, 3.63) is 29.8 Å². The van der Waals surface area contributed by atoms with Crippen LogP contribution in [0.3, 0.4) is 0 Å². The normalized spacial score (nSPS) is 11.6. The molecule has 24 heavy (non-hydrogen) atoms. The topological polar surface area (TPSA) is 76.7 Å². The molecule has 0 atom stereocenters. The third-order valence-electron chi connectivity index (χ3n) is 2.95. The molecular formula is C18H28N2O4. The fourth-order valence-electron chi connectivity index (χ4n) is 1.90. The Morgan fingerprint density at radius 2 is 1.62 bits per heavy atom. The smallest absolute Gasteiger partial charge is 0.407 e. The second kappa shape index (κ2) is 8.04. The van der Waals surface area contributed by atoms with Crippen molar-refractivity contribution in [3.63, 3.8) is 0 Å². The lowest BCUT2D eigenvalue weighted by molar-refractivity contribution is 0.0509. The average molecular weight is 336 g/mol. The second-order valence-corrected chi connectivity index (χ2v) is 7.15. The Morgan fingerprint density at radius 3 is 2.12 bits per heavy atom. The van der Waals surface area contributed by atoms with Crippen LogP contribution in [-0.4, -0.2) is 36.3 Å². The zero-order valence-corrected chi connectivity index (χ0v) is 15.4. The molecule has 0 saturated carbocycles. The van der Waals surface area contributed by atoms with Gasteiger partial charge in [-0.15, -0.1) is 0 Å². The SMILES string of the molecule is CCOc1ccc(C(=O)NC(C)(C)CNC(=O)OC(C)(C)C)cc1. The molecule has 0 spiro atoms. The Hall–Kier alpha value is -2.24. The minimum atomic E-state index is -0.618. The molecule has 1 aromatic rings. The number of nitrogens with one attached hydrogen (secondary N) is 2. The zero-order chi connectivity index (χ0) is 18.4. The van der Waals surface area contributed by atoms with Gasteiger partial charge in [0.2, 0.25) is 0 Å². The van der Waals surface area contributed by atoms with Gasteiger partial charge in [-0.05, 0) is 65.8 Å². The second-order valence-electron chi connectivity index (χ2n) is 7.15. The highest BCUT2D eigenvalue weighted by atomic mass is 16.6. The number of rotatable bonds is 6. The summed E-state index contributed by atoms with van der Waals surface area (Å²) in [5, 5.41) is 5.56. The van der Waals surface area contributed by atoms with Gasteiger partial charge in [-0.3, -0.25) is 4.79 Å². The first kappa shape index (κ1) is 19.8. The Labute approximate surface area is 143 Å².